The Morgan fingerprint density at radius 3 is 2.71 bits per heavy atom. The van der Waals surface area contributed by atoms with Crippen LogP contribution in [0.4, 0.5) is 4.39 Å². The summed E-state index contributed by atoms with van der Waals surface area (Å²) >= 11 is 0. The normalized spacial score (nSPS) is 15.2. The maximum atomic E-state index is 13.1. The Balaban J connectivity index is 2.99. The van der Waals surface area contributed by atoms with Crippen LogP contribution in [0.3, 0.4) is 0 Å². The van der Waals surface area contributed by atoms with E-state index in [2.05, 4.69) is 4.98 Å². The SMILES string of the molecule is Cc1cnc(F)c(C(O)C(O)CO)c1. The molecule has 0 aromatic carbocycles. The Bertz CT molecular complexity index is 319. The molecule has 2 unspecified atom stereocenters. The van der Waals surface area contributed by atoms with Crippen molar-refractivity contribution in [3.63, 3.8) is 0 Å². The highest BCUT2D eigenvalue weighted by molar-refractivity contribution is 5.21. The lowest BCUT2D eigenvalue weighted by Crippen LogP contribution is -2.23. The monoisotopic (exact) mass is 201 g/mol. The highest BCUT2D eigenvalue weighted by atomic mass is 19.1. The van der Waals surface area contributed by atoms with Gasteiger partial charge >= 0.3 is 0 Å². The Morgan fingerprint density at radius 1 is 1.50 bits per heavy atom. The van der Waals surface area contributed by atoms with Crippen LogP contribution in [0.15, 0.2) is 12.3 Å². The van der Waals surface area contributed by atoms with Crippen LogP contribution in [-0.2, 0) is 0 Å². The zero-order chi connectivity index (χ0) is 10.7. The standard InChI is InChI=1S/C9H12FNO3/c1-5-2-6(9(10)11-3-5)8(14)7(13)4-12/h2-3,7-8,12-14H,4H2,1H3. The third-order valence-corrected chi connectivity index (χ3v) is 1.87. The van der Waals surface area contributed by atoms with Gasteiger partial charge in [-0.05, 0) is 18.6 Å². The van der Waals surface area contributed by atoms with Crippen LogP contribution in [0.2, 0.25) is 0 Å². The fourth-order valence-corrected chi connectivity index (χ4v) is 1.09. The van der Waals surface area contributed by atoms with Gasteiger partial charge in [-0.3, -0.25) is 0 Å². The van der Waals surface area contributed by atoms with Crippen LogP contribution in [0.25, 0.3) is 0 Å². The fourth-order valence-electron chi connectivity index (χ4n) is 1.09. The van der Waals surface area contributed by atoms with E-state index in [-0.39, 0.29) is 5.56 Å². The summed E-state index contributed by atoms with van der Waals surface area (Å²) in [6.45, 7) is 1.06. The van der Waals surface area contributed by atoms with Gasteiger partial charge in [0.25, 0.3) is 0 Å². The number of aliphatic hydroxyl groups is 3. The second-order valence-corrected chi connectivity index (χ2v) is 3.09. The Morgan fingerprint density at radius 2 is 2.14 bits per heavy atom. The summed E-state index contributed by atoms with van der Waals surface area (Å²) in [4.78, 5) is 3.40. The van der Waals surface area contributed by atoms with Gasteiger partial charge < -0.3 is 15.3 Å². The minimum Gasteiger partial charge on any atom is -0.394 e. The molecule has 4 nitrogen and oxygen atoms in total. The average Bonchev–Trinajstić information content (AvgIpc) is 2.19. The van der Waals surface area contributed by atoms with Crippen molar-refractivity contribution in [2.75, 3.05) is 6.61 Å². The highest BCUT2D eigenvalue weighted by Crippen LogP contribution is 2.19. The van der Waals surface area contributed by atoms with Gasteiger partial charge in [0, 0.05) is 11.8 Å². The number of hydrogen-bond donors (Lipinski definition) is 3. The summed E-state index contributed by atoms with van der Waals surface area (Å²) in [6.07, 6.45) is -1.53. The number of halogens is 1. The van der Waals surface area contributed by atoms with Gasteiger partial charge in [0.05, 0.1) is 6.61 Å². The van der Waals surface area contributed by atoms with E-state index in [1.807, 2.05) is 0 Å². The van der Waals surface area contributed by atoms with Crippen LogP contribution in [0.5, 0.6) is 0 Å². The molecule has 14 heavy (non-hydrogen) atoms. The number of rotatable bonds is 3. The third-order valence-electron chi connectivity index (χ3n) is 1.87. The summed E-state index contributed by atoms with van der Waals surface area (Å²) in [5, 5.41) is 27.1. The Hall–Kier alpha value is -1.04. The smallest absolute Gasteiger partial charge is 0.218 e. The molecule has 5 heteroatoms. The lowest BCUT2D eigenvalue weighted by molar-refractivity contribution is -0.0171. The molecule has 0 aliphatic rings. The molecule has 0 saturated carbocycles. The number of nitrogens with zero attached hydrogens (tertiary/aromatic N) is 1. The zero-order valence-electron chi connectivity index (χ0n) is 7.68. The van der Waals surface area contributed by atoms with Crippen molar-refractivity contribution < 1.29 is 19.7 Å². The van der Waals surface area contributed by atoms with Crippen molar-refractivity contribution in [1.82, 2.24) is 4.98 Å². The third kappa shape index (κ3) is 2.25. The summed E-state index contributed by atoms with van der Waals surface area (Å²) in [5.41, 5.74) is 0.567. The van der Waals surface area contributed by atoms with E-state index < -0.39 is 24.8 Å². The van der Waals surface area contributed by atoms with E-state index >= 15 is 0 Å². The molecule has 1 rings (SSSR count). The van der Waals surface area contributed by atoms with Gasteiger partial charge in [-0.25, -0.2) is 4.98 Å². The lowest BCUT2D eigenvalue weighted by atomic mass is 10.1. The molecule has 3 N–H and O–H groups in total. The second-order valence-electron chi connectivity index (χ2n) is 3.09. The first-order valence-corrected chi connectivity index (χ1v) is 4.15. The van der Waals surface area contributed by atoms with Gasteiger partial charge in [0.1, 0.15) is 12.2 Å². The molecular formula is C9H12FNO3. The molecule has 0 saturated heterocycles. The first kappa shape index (κ1) is 11.0. The van der Waals surface area contributed by atoms with E-state index in [0.29, 0.717) is 5.56 Å². The van der Waals surface area contributed by atoms with E-state index in [4.69, 9.17) is 10.2 Å². The number of pyridine rings is 1. The molecule has 0 aliphatic heterocycles. The lowest BCUT2D eigenvalue weighted by Gasteiger charge is -2.16. The highest BCUT2D eigenvalue weighted by Gasteiger charge is 2.21. The van der Waals surface area contributed by atoms with Crippen molar-refractivity contribution in [2.45, 2.75) is 19.1 Å². The van der Waals surface area contributed by atoms with Crippen LogP contribution in [0.1, 0.15) is 17.2 Å². The largest absolute Gasteiger partial charge is 0.394 e. The van der Waals surface area contributed by atoms with Crippen molar-refractivity contribution in [1.29, 1.82) is 0 Å². The molecule has 78 valence electrons. The molecular weight excluding hydrogens is 189 g/mol. The molecule has 1 aromatic rings. The topological polar surface area (TPSA) is 73.6 Å². The minimum absolute atomic E-state index is 0.105. The maximum absolute atomic E-state index is 13.1. The fraction of sp³-hybridized carbons (Fsp3) is 0.444. The number of aryl methyl sites for hydroxylation is 1. The summed E-state index contributed by atoms with van der Waals surface area (Å²) in [6, 6.07) is 1.38. The van der Waals surface area contributed by atoms with E-state index in [1.54, 1.807) is 6.92 Å². The van der Waals surface area contributed by atoms with Gasteiger partial charge in [0.15, 0.2) is 0 Å². The molecule has 0 bridgehead atoms. The first-order chi connectivity index (χ1) is 6.56. The van der Waals surface area contributed by atoms with Crippen molar-refractivity contribution in [3.8, 4) is 0 Å². The van der Waals surface area contributed by atoms with E-state index in [0.717, 1.165) is 0 Å². The molecule has 0 fully saturated rings. The van der Waals surface area contributed by atoms with Crippen molar-refractivity contribution >= 4 is 0 Å². The molecule has 0 amide bonds. The number of hydrogen-bond acceptors (Lipinski definition) is 4. The Kier molecular flexibility index (Phi) is 3.51. The summed E-state index contributed by atoms with van der Waals surface area (Å²) in [7, 11) is 0. The van der Waals surface area contributed by atoms with Gasteiger partial charge in [-0.2, -0.15) is 4.39 Å². The summed E-state index contributed by atoms with van der Waals surface area (Å²) < 4.78 is 13.1. The zero-order valence-corrected chi connectivity index (χ0v) is 7.68. The number of aromatic nitrogens is 1. The Labute approximate surface area is 80.7 Å². The van der Waals surface area contributed by atoms with Gasteiger partial charge in [-0.1, -0.05) is 0 Å². The van der Waals surface area contributed by atoms with Crippen molar-refractivity contribution in [3.05, 3.63) is 29.3 Å². The van der Waals surface area contributed by atoms with Crippen LogP contribution in [0, 0.1) is 12.9 Å². The van der Waals surface area contributed by atoms with Crippen LogP contribution in [-0.4, -0.2) is 33.0 Å². The van der Waals surface area contributed by atoms with Crippen LogP contribution >= 0.6 is 0 Å². The molecule has 0 aliphatic carbocycles. The summed E-state index contributed by atoms with van der Waals surface area (Å²) in [5.74, 6) is -0.837. The first-order valence-electron chi connectivity index (χ1n) is 4.15. The number of aliphatic hydroxyl groups excluding tert-OH is 3. The molecule has 1 heterocycles. The van der Waals surface area contributed by atoms with E-state index in [1.165, 1.54) is 12.3 Å². The van der Waals surface area contributed by atoms with E-state index in [9.17, 15) is 9.50 Å². The molecule has 0 radical (unpaired) electrons. The second kappa shape index (κ2) is 4.45. The predicted octanol–water partition coefficient (Wildman–Crippen LogP) is -0.0843. The average molecular weight is 201 g/mol. The predicted molar refractivity (Wildman–Crippen MR) is 47.0 cm³/mol. The minimum atomic E-state index is -1.45. The molecule has 2 atom stereocenters. The van der Waals surface area contributed by atoms with Gasteiger partial charge in [0.2, 0.25) is 5.95 Å². The van der Waals surface area contributed by atoms with Crippen molar-refractivity contribution in [2.24, 2.45) is 0 Å². The quantitative estimate of drug-likeness (QED) is 0.598. The molecule has 0 spiro atoms. The molecule has 1 aromatic heterocycles. The maximum Gasteiger partial charge on any atom is 0.218 e. The van der Waals surface area contributed by atoms with Crippen LogP contribution < -0.4 is 0 Å². The van der Waals surface area contributed by atoms with Gasteiger partial charge in [-0.15, -0.1) is 0 Å².